The van der Waals surface area contributed by atoms with Crippen LogP contribution in [0.1, 0.15) is 43.4 Å². The van der Waals surface area contributed by atoms with Gasteiger partial charge < -0.3 is 10.2 Å². The van der Waals surface area contributed by atoms with Crippen LogP contribution in [0.5, 0.6) is 0 Å². The van der Waals surface area contributed by atoms with Gasteiger partial charge in [-0.1, -0.05) is 25.8 Å². The minimum Gasteiger partial charge on any atom is -0.320 e. The lowest BCUT2D eigenvalue weighted by Crippen LogP contribution is -2.35. The Balaban J connectivity index is 2.16. The molecule has 0 saturated heterocycles. The lowest BCUT2D eigenvalue weighted by Gasteiger charge is -2.28. The fourth-order valence-corrected chi connectivity index (χ4v) is 2.59. The van der Waals surface area contributed by atoms with Crippen LogP contribution in [0, 0.1) is 17.1 Å². The number of urea groups is 1. The van der Waals surface area contributed by atoms with Gasteiger partial charge in [0, 0.05) is 19.4 Å². The summed E-state index contributed by atoms with van der Waals surface area (Å²) in [6, 6.07) is 9.04. The van der Waals surface area contributed by atoms with Crippen molar-refractivity contribution in [3.05, 3.63) is 59.7 Å². The average Bonchev–Trinajstić information content (AvgIpc) is 2.64. The highest BCUT2D eigenvalue weighted by atomic mass is 19.1. The first-order valence-electron chi connectivity index (χ1n) is 8.20. The lowest BCUT2D eigenvalue weighted by atomic mass is 10.0. The van der Waals surface area contributed by atoms with Gasteiger partial charge in [-0.05, 0) is 36.2 Å². The third-order valence-corrected chi connectivity index (χ3v) is 4.03. The molecular weight excluding hydrogens is 319 g/mol. The minimum atomic E-state index is -0.632. The second-order valence-electron chi connectivity index (χ2n) is 5.79. The average molecular weight is 340 g/mol. The van der Waals surface area contributed by atoms with Crippen molar-refractivity contribution in [1.82, 2.24) is 9.88 Å². The SMILES string of the molecule is CCCC[C@H](c1cccnc1)N(C)C(=O)Nc1ccc(C#N)cc1F. The molecule has 0 saturated carbocycles. The Morgan fingerprint density at radius 2 is 2.24 bits per heavy atom. The zero-order chi connectivity index (χ0) is 18.2. The predicted octanol–water partition coefficient (Wildman–Crippen LogP) is 4.49. The lowest BCUT2D eigenvalue weighted by molar-refractivity contribution is 0.199. The van der Waals surface area contributed by atoms with E-state index < -0.39 is 11.8 Å². The van der Waals surface area contributed by atoms with E-state index in [1.165, 1.54) is 12.1 Å². The van der Waals surface area contributed by atoms with Gasteiger partial charge >= 0.3 is 6.03 Å². The summed E-state index contributed by atoms with van der Waals surface area (Å²) in [5.74, 6) is -0.632. The molecule has 25 heavy (non-hydrogen) atoms. The fraction of sp³-hybridized carbons (Fsp3) is 0.316. The van der Waals surface area contributed by atoms with Crippen molar-refractivity contribution in [1.29, 1.82) is 5.26 Å². The van der Waals surface area contributed by atoms with E-state index in [1.807, 2.05) is 18.2 Å². The first-order valence-corrected chi connectivity index (χ1v) is 8.20. The van der Waals surface area contributed by atoms with Gasteiger partial charge in [0.05, 0.1) is 23.4 Å². The number of benzene rings is 1. The highest BCUT2D eigenvalue weighted by Crippen LogP contribution is 2.26. The molecule has 0 aliphatic carbocycles. The molecule has 6 heteroatoms. The molecule has 1 heterocycles. The van der Waals surface area contributed by atoms with E-state index in [4.69, 9.17) is 5.26 Å². The molecule has 1 aromatic carbocycles. The fourth-order valence-electron chi connectivity index (χ4n) is 2.59. The van der Waals surface area contributed by atoms with Crippen LogP contribution in [-0.2, 0) is 0 Å². The van der Waals surface area contributed by atoms with Crippen LogP contribution in [-0.4, -0.2) is 23.0 Å². The van der Waals surface area contributed by atoms with E-state index in [1.54, 1.807) is 24.3 Å². The van der Waals surface area contributed by atoms with Gasteiger partial charge in [0.25, 0.3) is 0 Å². The van der Waals surface area contributed by atoms with Crippen molar-refractivity contribution in [3.8, 4) is 6.07 Å². The molecule has 5 nitrogen and oxygen atoms in total. The third kappa shape index (κ3) is 4.77. The van der Waals surface area contributed by atoms with E-state index >= 15 is 0 Å². The van der Waals surface area contributed by atoms with Gasteiger partial charge in [0.2, 0.25) is 0 Å². The molecule has 0 spiro atoms. The zero-order valence-electron chi connectivity index (χ0n) is 14.4. The van der Waals surface area contributed by atoms with Crippen LogP contribution in [0.4, 0.5) is 14.9 Å². The summed E-state index contributed by atoms with van der Waals surface area (Å²) in [7, 11) is 1.68. The Bertz CT molecular complexity index is 758. The molecule has 2 aromatic rings. The van der Waals surface area contributed by atoms with Gasteiger partial charge in [-0.15, -0.1) is 0 Å². The summed E-state index contributed by atoms with van der Waals surface area (Å²) < 4.78 is 14.0. The molecule has 1 N–H and O–H groups in total. The zero-order valence-corrected chi connectivity index (χ0v) is 14.4. The van der Waals surface area contributed by atoms with Crippen molar-refractivity contribution in [2.75, 3.05) is 12.4 Å². The van der Waals surface area contributed by atoms with Crippen LogP contribution in [0.25, 0.3) is 0 Å². The van der Waals surface area contributed by atoms with Crippen LogP contribution in [0.3, 0.4) is 0 Å². The monoisotopic (exact) mass is 340 g/mol. The van der Waals surface area contributed by atoms with Crippen molar-refractivity contribution < 1.29 is 9.18 Å². The van der Waals surface area contributed by atoms with Crippen molar-refractivity contribution in [2.24, 2.45) is 0 Å². The number of rotatable bonds is 6. The van der Waals surface area contributed by atoms with E-state index in [0.717, 1.165) is 30.9 Å². The normalized spacial score (nSPS) is 11.4. The Morgan fingerprint density at radius 1 is 1.44 bits per heavy atom. The van der Waals surface area contributed by atoms with Crippen LogP contribution >= 0.6 is 0 Å². The largest absolute Gasteiger partial charge is 0.322 e. The number of carbonyl (C=O) groups excluding carboxylic acids is 1. The van der Waals surface area contributed by atoms with Gasteiger partial charge in [-0.25, -0.2) is 9.18 Å². The van der Waals surface area contributed by atoms with E-state index in [0.29, 0.717) is 0 Å². The number of amides is 2. The third-order valence-electron chi connectivity index (χ3n) is 4.03. The summed E-state index contributed by atoms with van der Waals surface area (Å²) >= 11 is 0. The van der Waals surface area contributed by atoms with Gasteiger partial charge in [0.1, 0.15) is 5.82 Å². The highest BCUT2D eigenvalue weighted by Gasteiger charge is 2.22. The molecule has 2 amide bonds. The highest BCUT2D eigenvalue weighted by molar-refractivity contribution is 5.89. The standard InChI is InChI=1S/C19H21FN4O/c1-3-4-7-18(15-6-5-10-22-13-15)24(2)19(25)23-17-9-8-14(12-21)11-16(17)20/h5-6,8-11,13,18H,3-4,7H2,1-2H3,(H,23,25)/t18-/m1/s1. The molecular formula is C19H21FN4O. The molecule has 0 fully saturated rings. The predicted molar refractivity (Wildman–Crippen MR) is 94.4 cm³/mol. The van der Waals surface area contributed by atoms with E-state index in [-0.39, 0.29) is 17.3 Å². The van der Waals surface area contributed by atoms with Gasteiger partial charge in [-0.2, -0.15) is 5.26 Å². The smallest absolute Gasteiger partial charge is 0.320 e. The molecule has 2 rings (SSSR count). The number of pyridine rings is 1. The van der Waals surface area contributed by atoms with Gasteiger partial charge in [0.15, 0.2) is 0 Å². The molecule has 0 unspecified atom stereocenters. The van der Waals surface area contributed by atoms with Crippen LogP contribution < -0.4 is 5.32 Å². The summed E-state index contributed by atoms with van der Waals surface area (Å²) in [5, 5.41) is 11.4. The van der Waals surface area contributed by atoms with Crippen molar-refractivity contribution >= 4 is 11.7 Å². The van der Waals surface area contributed by atoms with Crippen molar-refractivity contribution in [3.63, 3.8) is 0 Å². The number of nitriles is 1. The maximum Gasteiger partial charge on any atom is 0.322 e. The molecule has 0 aliphatic rings. The summed E-state index contributed by atoms with van der Waals surface area (Å²) in [4.78, 5) is 18.2. The second-order valence-corrected chi connectivity index (χ2v) is 5.79. The van der Waals surface area contributed by atoms with E-state index in [2.05, 4.69) is 17.2 Å². The maximum atomic E-state index is 14.0. The first kappa shape index (κ1) is 18.4. The maximum absolute atomic E-state index is 14.0. The Labute approximate surface area is 147 Å². The number of aromatic nitrogens is 1. The Hall–Kier alpha value is -2.94. The topological polar surface area (TPSA) is 69.0 Å². The number of halogens is 1. The number of carbonyl (C=O) groups is 1. The van der Waals surface area contributed by atoms with Crippen molar-refractivity contribution in [2.45, 2.75) is 32.2 Å². The molecule has 0 radical (unpaired) electrons. The summed E-state index contributed by atoms with van der Waals surface area (Å²) in [5.41, 5.74) is 1.20. The molecule has 1 aromatic heterocycles. The number of unbranched alkanes of at least 4 members (excludes halogenated alkanes) is 1. The molecule has 0 bridgehead atoms. The minimum absolute atomic E-state index is 0.0521. The summed E-state index contributed by atoms with van der Waals surface area (Å²) in [6.07, 6.45) is 6.19. The van der Waals surface area contributed by atoms with Gasteiger partial charge in [-0.3, -0.25) is 4.98 Å². The number of nitrogens with zero attached hydrogens (tertiary/aromatic N) is 3. The second kappa shape index (κ2) is 8.78. The van der Waals surface area contributed by atoms with E-state index in [9.17, 15) is 9.18 Å². The number of hydrogen-bond donors (Lipinski definition) is 1. The van der Waals surface area contributed by atoms with Crippen LogP contribution in [0.15, 0.2) is 42.7 Å². The van der Waals surface area contributed by atoms with Crippen LogP contribution in [0.2, 0.25) is 0 Å². The molecule has 1 atom stereocenters. The summed E-state index contributed by atoms with van der Waals surface area (Å²) in [6.45, 7) is 2.09. The molecule has 0 aliphatic heterocycles. The Morgan fingerprint density at radius 3 is 2.84 bits per heavy atom. The number of anilines is 1. The first-order chi connectivity index (χ1) is 12.1. The Kier molecular flexibility index (Phi) is 6.47. The molecule has 130 valence electrons. The number of nitrogens with one attached hydrogen (secondary N) is 1. The quantitative estimate of drug-likeness (QED) is 0.842. The number of hydrogen-bond acceptors (Lipinski definition) is 3.